The second-order valence-electron chi connectivity index (χ2n) is 7.90. The third-order valence-electron chi connectivity index (χ3n) is 6.19. The number of hydrogen-bond donors (Lipinski definition) is 2. The molecule has 1 aliphatic carbocycles. The van der Waals surface area contributed by atoms with Crippen LogP contribution in [0.5, 0.6) is 0 Å². The van der Waals surface area contributed by atoms with E-state index < -0.39 is 0 Å². The van der Waals surface area contributed by atoms with Crippen LogP contribution in [0.2, 0.25) is 0 Å². The zero-order valence-corrected chi connectivity index (χ0v) is 15.1. The van der Waals surface area contributed by atoms with Crippen molar-refractivity contribution in [3.8, 4) is 0 Å². The van der Waals surface area contributed by atoms with Crippen LogP contribution in [-0.2, 0) is 0 Å². The van der Waals surface area contributed by atoms with Gasteiger partial charge in [0.15, 0.2) is 0 Å². The Hall–Kier alpha value is -1.40. The highest BCUT2D eigenvalue weighted by molar-refractivity contribution is 5.92. The van der Waals surface area contributed by atoms with Gasteiger partial charge in [0.25, 0.3) is 5.91 Å². The second-order valence-corrected chi connectivity index (χ2v) is 7.90. The fourth-order valence-corrected chi connectivity index (χ4v) is 4.66. The van der Waals surface area contributed by atoms with Gasteiger partial charge in [-0.3, -0.25) is 9.48 Å². The molecule has 1 saturated carbocycles. The average molecular weight is 345 g/mol. The topological polar surface area (TPSA) is 62.2 Å². The molecule has 1 atom stereocenters. The summed E-state index contributed by atoms with van der Waals surface area (Å²) in [6.07, 6.45) is 11.9. The number of nitrogens with one attached hydrogen (secondary N) is 2. The lowest BCUT2D eigenvalue weighted by molar-refractivity contribution is 0.0886. The first-order valence-electron chi connectivity index (χ1n) is 10.1. The van der Waals surface area contributed by atoms with Gasteiger partial charge in [-0.1, -0.05) is 12.8 Å². The maximum atomic E-state index is 12.5. The summed E-state index contributed by atoms with van der Waals surface area (Å²) in [5.74, 6) is -0.0122. The van der Waals surface area contributed by atoms with Crippen molar-refractivity contribution >= 4 is 5.91 Å². The third kappa shape index (κ3) is 4.06. The van der Waals surface area contributed by atoms with Crippen molar-refractivity contribution in [2.45, 2.75) is 69.5 Å². The molecular formula is C19H31N5O. The van der Waals surface area contributed by atoms with Crippen LogP contribution in [0.4, 0.5) is 0 Å². The van der Waals surface area contributed by atoms with Crippen LogP contribution in [0, 0.1) is 0 Å². The molecule has 138 valence electrons. The molecule has 6 nitrogen and oxygen atoms in total. The van der Waals surface area contributed by atoms with Crippen molar-refractivity contribution in [3.05, 3.63) is 18.0 Å². The van der Waals surface area contributed by atoms with E-state index in [9.17, 15) is 4.79 Å². The van der Waals surface area contributed by atoms with Gasteiger partial charge in [0.1, 0.15) is 5.69 Å². The lowest BCUT2D eigenvalue weighted by Gasteiger charge is -2.36. The lowest BCUT2D eigenvalue weighted by atomic mass is 10.0. The van der Waals surface area contributed by atoms with Gasteiger partial charge in [-0.05, 0) is 51.1 Å². The number of hydrogen-bond acceptors (Lipinski definition) is 4. The third-order valence-corrected chi connectivity index (χ3v) is 6.19. The fourth-order valence-electron chi connectivity index (χ4n) is 4.66. The van der Waals surface area contributed by atoms with E-state index in [1.165, 1.54) is 32.1 Å². The van der Waals surface area contributed by atoms with E-state index in [-0.39, 0.29) is 5.91 Å². The molecule has 1 amide bonds. The Morgan fingerprint density at radius 1 is 1.08 bits per heavy atom. The van der Waals surface area contributed by atoms with Crippen LogP contribution in [0.15, 0.2) is 12.3 Å². The van der Waals surface area contributed by atoms with E-state index in [1.807, 2.05) is 16.9 Å². The van der Waals surface area contributed by atoms with Crippen molar-refractivity contribution in [2.24, 2.45) is 0 Å². The minimum Gasteiger partial charge on any atom is -0.348 e. The maximum absolute atomic E-state index is 12.5. The van der Waals surface area contributed by atoms with Gasteiger partial charge in [0.05, 0.1) is 6.04 Å². The molecule has 2 aliphatic heterocycles. The number of nitrogens with zero attached hydrogens (tertiary/aromatic N) is 3. The summed E-state index contributed by atoms with van der Waals surface area (Å²) >= 11 is 0. The van der Waals surface area contributed by atoms with Crippen LogP contribution in [0.3, 0.4) is 0 Å². The Kier molecular flexibility index (Phi) is 5.36. The van der Waals surface area contributed by atoms with Gasteiger partial charge in [-0.15, -0.1) is 0 Å². The minimum atomic E-state index is -0.0122. The Bertz CT molecular complexity index is 566. The predicted octanol–water partition coefficient (Wildman–Crippen LogP) is 1.94. The van der Waals surface area contributed by atoms with E-state index in [4.69, 9.17) is 0 Å². The highest BCUT2D eigenvalue weighted by Gasteiger charge is 2.28. The summed E-state index contributed by atoms with van der Waals surface area (Å²) in [7, 11) is 0. The summed E-state index contributed by atoms with van der Waals surface area (Å²) < 4.78 is 1.96. The van der Waals surface area contributed by atoms with E-state index in [2.05, 4.69) is 20.6 Å². The van der Waals surface area contributed by atoms with Crippen molar-refractivity contribution in [3.63, 3.8) is 0 Å². The number of aromatic nitrogens is 2. The molecule has 4 rings (SSSR count). The fraction of sp³-hybridized carbons (Fsp3) is 0.789. The van der Waals surface area contributed by atoms with Crippen LogP contribution in [0.1, 0.15) is 67.9 Å². The smallest absolute Gasteiger partial charge is 0.271 e. The number of amides is 1. The summed E-state index contributed by atoms with van der Waals surface area (Å²) in [6.45, 7) is 4.28. The standard InChI is InChI=1S/C19H31N5O/c25-19(18-9-13-24(22-18)17-6-3-10-20-14-17)21-15-7-11-23(12-8-15)16-4-1-2-5-16/h9,13,15-17,20H,1-8,10-12,14H2,(H,21,25). The summed E-state index contributed by atoms with van der Waals surface area (Å²) in [5, 5.41) is 11.1. The van der Waals surface area contributed by atoms with Crippen LogP contribution in [-0.4, -0.2) is 58.9 Å². The zero-order chi connectivity index (χ0) is 17.1. The van der Waals surface area contributed by atoms with Crippen molar-refractivity contribution < 1.29 is 4.79 Å². The highest BCUT2D eigenvalue weighted by atomic mass is 16.2. The molecule has 3 fully saturated rings. The van der Waals surface area contributed by atoms with Crippen LogP contribution in [0.25, 0.3) is 0 Å². The largest absolute Gasteiger partial charge is 0.348 e. The Morgan fingerprint density at radius 2 is 1.84 bits per heavy atom. The molecule has 0 aromatic carbocycles. The average Bonchev–Trinajstić information content (AvgIpc) is 3.35. The van der Waals surface area contributed by atoms with Gasteiger partial charge in [0, 0.05) is 37.9 Å². The number of carbonyl (C=O) groups excluding carboxylic acids is 1. The monoisotopic (exact) mass is 345 g/mol. The molecule has 3 aliphatic rings. The molecular weight excluding hydrogens is 314 g/mol. The van der Waals surface area contributed by atoms with Gasteiger partial charge >= 0.3 is 0 Å². The van der Waals surface area contributed by atoms with Gasteiger partial charge in [-0.25, -0.2) is 0 Å². The molecule has 0 radical (unpaired) electrons. The van der Waals surface area contributed by atoms with Gasteiger partial charge in [-0.2, -0.15) is 5.10 Å². The molecule has 1 unspecified atom stereocenters. The molecule has 0 bridgehead atoms. The zero-order valence-electron chi connectivity index (χ0n) is 15.1. The molecule has 25 heavy (non-hydrogen) atoms. The quantitative estimate of drug-likeness (QED) is 0.875. The lowest BCUT2D eigenvalue weighted by Crippen LogP contribution is -2.47. The Balaban J connectivity index is 1.27. The van der Waals surface area contributed by atoms with Crippen LogP contribution >= 0.6 is 0 Å². The molecule has 6 heteroatoms. The van der Waals surface area contributed by atoms with E-state index in [0.29, 0.717) is 17.8 Å². The Labute approximate surface area is 150 Å². The van der Waals surface area contributed by atoms with E-state index >= 15 is 0 Å². The molecule has 3 heterocycles. The number of piperidine rings is 2. The molecule has 0 spiro atoms. The Morgan fingerprint density at radius 3 is 2.56 bits per heavy atom. The number of rotatable bonds is 4. The molecule has 1 aromatic heterocycles. The first-order valence-corrected chi connectivity index (χ1v) is 10.1. The normalized spacial score (nSPS) is 26.8. The van der Waals surface area contributed by atoms with Crippen molar-refractivity contribution in [2.75, 3.05) is 26.2 Å². The molecule has 2 saturated heterocycles. The van der Waals surface area contributed by atoms with Gasteiger partial charge < -0.3 is 15.5 Å². The first-order chi connectivity index (χ1) is 12.3. The summed E-state index contributed by atoms with van der Waals surface area (Å²) in [4.78, 5) is 15.2. The highest BCUT2D eigenvalue weighted by Crippen LogP contribution is 2.26. The van der Waals surface area contributed by atoms with E-state index in [0.717, 1.165) is 51.5 Å². The second kappa shape index (κ2) is 7.87. The first kappa shape index (κ1) is 17.0. The van der Waals surface area contributed by atoms with E-state index in [1.54, 1.807) is 0 Å². The number of likely N-dealkylation sites (tertiary alicyclic amines) is 1. The van der Waals surface area contributed by atoms with Crippen LogP contribution < -0.4 is 10.6 Å². The van der Waals surface area contributed by atoms with Gasteiger partial charge in [0.2, 0.25) is 0 Å². The predicted molar refractivity (Wildman–Crippen MR) is 97.7 cm³/mol. The summed E-state index contributed by atoms with van der Waals surface area (Å²) in [5.41, 5.74) is 0.559. The number of carbonyl (C=O) groups is 1. The summed E-state index contributed by atoms with van der Waals surface area (Å²) in [6, 6.07) is 3.34. The SMILES string of the molecule is O=C(NC1CCN(C2CCCC2)CC1)c1ccn(C2CCCNC2)n1. The minimum absolute atomic E-state index is 0.0122. The maximum Gasteiger partial charge on any atom is 0.271 e. The molecule has 2 N–H and O–H groups in total. The van der Waals surface area contributed by atoms with Crippen molar-refractivity contribution in [1.29, 1.82) is 0 Å². The molecule has 1 aromatic rings. The van der Waals surface area contributed by atoms with Crippen molar-refractivity contribution in [1.82, 2.24) is 25.3 Å².